The molecule has 0 aliphatic rings. The minimum atomic E-state index is -1.44. The highest BCUT2D eigenvalue weighted by Crippen LogP contribution is 2.22. The first-order valence-electron chi connectivity index (χ1n) is 6.92. The Labute approximate surface area is 131 Å². The number of benzene rings is 1. The van der Waals surface area contributed by atoms with Gasteiger partial charge in [-0.2, -0.15) is 4.98 Å². The molecule has 0 radical (unpaired) electrons. The van der Waals surface area contributed by atoms with E-state index < -0.39 is 18.0 Å². The Morgan fingerprint density at radius 3 is 2.73 bits per heavy atom. The van der Waals surface area contributed by atoms with Crippen molar-refractivity contribution in [1.82, 2.24) is 14.5 Å². The number of imidazole rings is 1. The number of alkyl halides is 1. The van der Waals surface area contributed by atoms with Crippen molar-refractivity contribution in [2.45, 2.75) is 31.6 Å². The van der Waals surface area contributed by atoms with Crippen molar-refractivity contribution in [3.63, 3.8) is 0 Å². The number of fused-ring (bicyclic) bond motifs is 1. The highest BCUT2D eigenvalue weighted by Gasteiger charge is 2.23. The molecular weight excluding hydrogens is 301 g/mol. The number of hydrogen-bond acceptors (Lipinski definition) is 3. The Morgan fingerprint density at radius 2 is 2.00 bits per heavy atom. The van der Waals surface area contributed by atoms with Crippen molar-refractivity contribution >= 4 is 22.2 Å². The third kappa shape index (κ3) is 2.71. The fraction of sp³-hybridized carbons (Fsp3) is 0.250. The summed E-state index contributed by atoms with van der Waals surface area (Å²) in [6, 6.07) is 9.12. The van der Waals surface area contributed by atoms with Crippen molar-refractivity contribution in [2.75, 3.05) is 0 Å². The lowest BCUT2D eigenvalue weighted by molar-refractivity contribution is 0.362. The summed E-state index contributed by atoms with van der Waals surface area (Å²) < 4.78 is 27.3. The lowest BCUT2D eigenvalue weighted by Gasteiger charge is -2.10. The van der Waals surface area contributed by atoms with E-state index in [2.05, 4.69) is 9.97 Å². The number of halogens is 1. The van der Waals surface area contributed by atoms with E-state index in [9.17, 15) is 8.94 Å². The zero-order valence-corrected chi connectivity index (χ0v) is 13.2. The van der Waals surface area contributed by atoms with Crippen LogP contribution in [0.2, 0.25) is 0 Å². The van der Waals surface area contributed by atoms with Gasteiger partial charge in [0.25, 0.3) is 0 Å². The Hall–Kier alpha value is -1.92. The largest absolute Gasteiger partial charge is 0.609 e. The number of aromatic nitrogens is 3. The summed E-state index contributed by atoms with van der Waals surface area (Å²) >= 11 is -1.44. The number of pyridine rings is 1. The smallest absolute Gasteiger partial charge is 0.326 e. The van der Waals surface area contributed by atoms with E-state index in [4.69, 9.17) is 0 Å². The minimum Gasteiger partial charge on any atom is -0.609 e. The van der Waals surface area contributed by atoms with Gasteiger partial charge in [0.2, 0.25) is 0 Å². The lowest BCUT2D eigenvalue weighted by atomic mass is 10.2. The number of para-hydroxylation sites is 2. The van der Waals surface area contributed by atoms with E-state index in [1.807, 2.05) is 32.0 Å². The van der Waals surface area contributed by atoms with Gasteiger partial charge in [-0.1, -0.05) is 12.1 Å². The molecule has 0 N–H and O–H groups in total. The molecule has 22 heavy (non-hydrogen) atoms. The molecule has 4 nitrogen and oxygen atoms in total. The minimum absolute atomic E-state index is 0.227. The van der Waals surface area contributed by atoms with Crippen molar-refractivity contribution in [3.05, 3.63) is 53.3 Å². The predicted octanol–water partition coefficient (Wildman–Crippen LogP) is 3.28. The predicted molar refractivity (Wildman–Crippen MR) is 84.7 cm³/mol. The third-order valence-electron chi connectivity index (χ3n) is 3.65. The van der Waals surface area contributed by atoms with Crippen LogP contribution in [-0.4, -0.2) is 19.1 Å². The normalized spacial score (nSPS) is 12.7. The van der Waals surface area contributed by atoms with Crippen LogP contribution >= 0.6 is 0 Å². The molecule has 0 saturated carbocycles. The molecule has 114 valence electrons. The molecule has 0 amide bonds. The van der Waals surface area contributed by atoms with Crippen LogP contribution < -0.4 is 0 Å². The zero-order chi connectivity index (χ0) is 15.7. The molecule has 2 aromatic heterocycles. The summed E-state index contributed by atoms with van der Waals surface area (Å²) in [4.78, 5) is 8.60. The Kier molecular flexibility index (Phi) is 4.13. The Bertz CT molecular complexity index is 818. The van der Waals surface area contributed by atoms with Crippen LogP contribution in [0.5, 0.6) is 0 Å². The first-order chi connectivity index (χ1) is 10.6. The fourth-order valence-electron chi connectivity index (χ4n) is 2.30. The molecule has 2 heterocycles. The van der Waals surface area contributed by atoms with Crippen LogP contribution in [0.1, 0.15) is 16.8 Å². The van der Waals surface area contributed by atoms with E-state index in [1.165, 1.54) is 4.57 Å². The first kappa shape index (κ1) is 15.0. The molecule has 0 aliphatic carbocycles. The maximum absolute atomic E-state index is 13.3. The second kappa shape index (κ2) is 6.06. The van der Waals surface area contributed by atoms with Crippen molar-refractivity contribution < 1.29 is 8.94 Å². The summed E-state index contributed by atoms with van der Waals surface area (Å²) in [7, 11) is 0. The molecule has 0 fully saturated rings. The van der Waals surface area contributed by atoms with Crippen molar-refractivity contribution in [2.24, 2.45) is 0 Å². The summed E-state index contributed by atoms with van der Waals surface area (Å²) in [5, 5.41) is 0.253. The SMILES string of the molecule is Cc1cnc(C[S+]([O-])c2nc3ccccc3n2CF)cc1C. The second-order valence-electron chi connectivity index (χ2n) is 5.18. The lowest BCUT2D eigenvalue weighted by Crippen LogP contribution is -2.13. The van der Waals surface area contributed by atoms with Gasteiger partial charge in [-0.25, -0.2) is 4.39 Å². The molecule has 0 spiro atoms. The van der Waals surface area contributed by atoms with Crippen LogP contribution in [0.15, 0.2) is 41.7 Å². The monoisotopic (exact) mass is 317 g/mol. The summed E-state index contributed by atoms with van der Waals surface area (Å²) in [6.07, 6.45) is 1.76. The van der Waals surface area contributed by atoms with E-state index >= 15 is 0 Å². The fourth-order valence-corrected chi connectivity index (χ4v) is 3.45. The summed E-state index contributed by atoms with van der Waals surface area (Å²) in [5.74, 6) is 0.227. The van der Waals surface area contributed by atoms with Gasteiger partial charge >= 0.3 is 5.16 Å². The van der Waals surface area contributed by atoms with Crippen LogP contribution in [0.4, 0.5) is 4.39 Å². The van der Waals surface area contributed by atoms with Gasteiger partial charge in [0.1, 0.15) is 0 Å². The van der Waals surface area contributed by atoms with Gasteiger partial charge < -0.3 is 4.55 Å². The quantitative estimate of drug-likeness (QED) is 0.694. The number of nitrogens with zero attached hydrogens (tertiary/aromatic N) is 3. The molecule has 0 bridgehead atoms. The van der Waals surface area contributed by atoms with E-state index in [0.717, 1.165) is 16.8 Å². The van der Waals surface area contributed by atoms with Gasteiger partial charge in [-0.05, 0) is 43.2 Å². The van der Waals surface area contributed by atoms with Gasteiger partial charge in [0.15, 0.2) is 12.6 Å². The van der Waals surface area contributed by atoms with Gasteiger partial charge in [0, 0.05) is 17.4 Å². The standard InChI is InChI=1S/C16H16FN3OS/c1-11-7-13(18-8-12(11)2)9-22(21)16-19-14-5-3-4-6-15(14)20(16)10-17/h3-8H,9-10H2,1-2H3. The Morgan fingerprint density at radius 1 is 1.23 bits per heavy atom. The molecule has 3 aromatic rings. The molecule has 1 aromatic carbocycles. The molecule has 3 rings (SSSR count). The molecule has 6 heteroatoms. The van der Waals surface area contributed by atoms with Crippen LogP contribution in [0.3, 0.4) is 0 Å². The van der Waals surface area contributed by atoms with E-state index in [1.54, 1.807) is 18.3 Å². The van der Waals surface area contributed by atoms with E-state index in [-0.39, 0.29) is 10.9 Å². The number of hydrogen-bond donors (Lipinski definition) is 0. The Balaban J connectivity index is 1.94. The molecule has 0 aliphatic heterocycles. The van der Waals surface area contributed by atoms with Gasteiger partial charge in [0.05, 0.1) is 16.7 Å². The van der Waals surface area contributed by atoms with Crippen molar-refractivity contribution in [3.8, 4) is 0 Å². The van der Waals surface area contributed by atoms with Gasteiger partial charge in [-0.3, -0.25) is 9.55 Å². The number of rotatable bonds is 4. The molecular formula is C16H16FN3OS. The molecule has 1 unspecified atom stereocenters. The van der Waals surface area contributed by atoms with Crippen LogP contribution in [0.25, 0.3) is 11.0 Å². The summed E-state index contributed by atoms with van der Waals surface area (Å²) in [5.41, 5.74) is 4.21. The summed E-state index contributed by atoms with van der Waals surface area (Å²) in [6.45, 7) is 3.22. The topological polar surface area (TPSA) is 53.8 Å². The maximum atomic E-state index is 13.3. The van der Waals surface area contributed by atoms with E-state index in [0.29, 0.717) is 11.0 Å². The van der Waals surface area contributed by atoms with Crippen LogP contribution in [0, 0.1) is 13.8 Å². The van der Waals surface area contributed by atoms with Crippen molar-refractivity contribution in [1.29, 1.82) is 0 Å². The third-order valence-corrected chi connectivity index (χ3v) is 4.93. The highest BCUT2D eigenvalue weighted by molar-refractivity contribution is 7.90. The first-order valence-corrected chi connectivity index (χ1v) is 8.24. The average Bonchev–Trinajstić information content (AvgIpc) is 2.89. The highest BCUT2D eigenvalue weighted by atomic mass is 32.2. The second-order valence-corrected chi connectivity index (χ2v) is 6.53. The van der Waals surface area contributed by atoms with Crippen LogP contribution in [-0.2, 0) is 23.7 Å². The maximum Gasteiger partial charge on any atom is 0.326 e. The molecule has 1 atom stereocenters. The number of aryl methyl sites for hydroxylation is 2. The zero-order valence-electron chi connectivity index (χ0n) is 12.4. The van der Waals surface area contributed by atoms with Gasteiger partial charge in [-0.15, -0.1) is 0 Å². The molecule has 0 saturated heterocycles. The average molecular weight is 317 g/mol.